The van der Waals surface area contributed by atoms with Crippen LogP contribution in [0.25, 0.3) is 10.9 Å². The lowest BCUT2D eigenvalue weighted by Crippen LogP contribution is -1.90. The van der Waals surface area contributed by atoms with E-state index in [1.54, 1.807) is 12.3 Å². The Hall–Kier alpha value is -0.960. The third-order valence-electron chi connectivity index (χ3n) is 2.22. The minimum absolute atomic E-state index is 0.206. The van der Waals surface area contributed by atoms with E-state index in [-0.39, 0.29) is 5.82 Å². The van der Waals surface area contributed by atoms with E-state index in [0.29, 0.717) is 0 Å². The number of nitrogens with zero attached hydrogens (tertiary/aromatic N) is 1. The van der Waals surface area contributed by atoms with Crippen molar-refractivity contribution in [3.63, 3.8) is 0 Å². The maximum atomic E-state index is 13.2. The molecule has 1 aromatic carbocycles. The third-order valence-corrected chi connectivity index (χ3v) is 2.91. The molecule has 2 aromatic rings. The van der Waals surface area contributed by atoms with Gasteiger partial charge in [0.05, 0.1) is 5.52 Å². The van der Waals surface area contributed by atoms with E-state index in [9.17, 15) is 4.39 Å². The van der Waals surface area contributed by atoms with E-state index in [1.807, 2.05) is 13.0 Å². The van der Waals surface area contributed by atoms with Gasteiger partial charge < -0.3 is 0 Å². The van der Waals surface area contributed by atoms with Crippen molar-refractivity contribution in [2.75, 3.05) is 0 Å². The van der Waals surface area contributed by atoms with Crippen molar-refractivity contribution in [1.82, 2.24) is 4.98 Å². The van der Waals surface area contributed by atoms with Gasteiger partial charge in [-0.1, -0.05) is 22.9 Å². The van der Waals surface area contributed by atoms with Crippen LogP contribution in [0.5, 0.6) is 0 Å². The molecule has 1 heterocycles. The molecule has 0 aliphatic carbocycles. The van der Waals surface area contributed by atoms with E-state index in [1.165, 1.54) is 6.07 Å². The number of pyridine rings is 1. The van der Waals surface area contributed by atoms with Crippen LogP contribution in [-0.4, -0.2) is 4.98 Å². The average Bonchev–Trinajstić information content (AvgIpc) is 2.18. The van der Waals surface area contributed by atoms with Crippen molar-refractivity contribution < 1.29 is 4.39 Å². The van der Waals surface area contributed by atoms with Crippen molar-refractivity contribution >= 4 is 26.8 Å². The summed E-state index contributed by atoms with van der Waals surface area (Å²) in [6, 6.07) is 4.87. The topological polar surface area (TPSA) is 12.9 Å². The molecule has 0 atom stereocenters. The highest BCUT2D eigenvalue weighted by Gasteiger charge is 2.06. The SMILES string of the molecule is CCc1cc(F)cc2c(Br)ccnc12. The molecular weight excluding hydrogens is 245 g/mol. The summed E-state index contributed by atoms with van der Waals surface area (Å²) in [6.07, 6.45) is 2.52. The molecule has 0 unspecified atom stereocenters. The first kappa shape index (κ1) is 9.59. The van der Waals surface area contributed by atoms with Gasteiger partial charge >= 0.3 is 0 Å². The zero-order valence-electron chi connectivity index (χ0n) is 7.72. The van der Waals surface area contributed by atoms with E-state index in [2.05, 4.69) is 20.9 Å². The van der Waals surface area contributed by atoms with Crippen molar-refractivity contribution in [2.45, 2.75) is 13.3 Å². The van der Waals surface area contributed by atoms with Gasteiger partial charge in [0, 0.05) is 16.1 Å². The molecular formula is C11H9BrFN. The monoisotopic (exact) mass is 253 g/mol. The van der Waals surface area contributed by atoms with Crippen molar-refractivity contribution in [3.05, 3.63) is 40.2 Å². The molecule has 3 heteroatoms. The van der Waals surface area contributed by atoms with Crippen LogP contribution in [0.4, 0.5) is 4.39 Å². The Morgan fingerprint density at radius 3 is 2.93 bits per heavy atom. The predicted octanol–water partition coefficient (Wildman–Crippen LogP) is 3.70. The predicted molar refractivity (Wildman–Crippen MR) is 58.8 cm³/mol. The number of fused-ring (bicyclic) bond motifs is 1. The molecule has 0 bridgehead atoms. The Bertz CT molecular complexity index is 482. The Morgan fingerprint density at radius 2 is 2.21 bits per heavy atom. The van der Waals surface area contributed by atoms with Crippen LogP contribution < -0.4 is 0 Å². The van der Waals surface area contributed by atoms with Crippen LogP contribution in [0, 0.1) is 5.82 Å². The molecule has 0 amide bonds. The second kappa shape index (κ2) is 3.65. The fraction of sp³-hybridized carbons (Fsp3) is 0.182. The summed E-state index contributed by atoms with van der Waals surface area (Å²) in [4.78, 5) is 4.26. The molecule has 2 rings (SSSR count). The quantitative estimate of drug-likeness (QED) is 0.756. The summed E-state index contributed by atoms with van der Waals surface area (Å²) in [5.41, 5.74) is 1.82. The normalized spacial score (nSPS) is 10.8. The smallest absolute Gasteiger partial charge is 0.124 e. The minimum atomic E-state index is -0.206. The first-order chi connectivity index (χ1) is 6.72. The number of hydrogen-bond acceptors (Lipinski definition) is 1. The summed E-state index contributed by atoms with van der Waals surface area (Å²) < 4.78 is 14.1. The summed E-state index contributed by atoms with van der Waals surface area (Å²) in [5, 5.41) is 0.837. The average molecular weight is 254 g/mol. The molecule has 72 valence electrons. The van der Waals surface area contributed by atoms with E-state index in [0.717, 1.165) is 27.4 Å². The molecule has 1 aromatic heterocycles. The highest BCUT2D eigenvalue weighted by Crippen LogP contribution is 2.25. The molecule has 0 aliphatic heterocycles. The van der Waals surface area contributed by atoms with Gasteiger partial charge in [-0.2, -0.15) is 0 Å². The summed E-state index contributed by atoms with van der Waals surface area (Å²) in [7, 11) is 0. The number of aromatic nitrogens is 1. The van der Waals surface area contributed by atoms with Gasteiger partial charge in [-0.15, -0.1) is 0 Å². The van der Waals surface area contributed by atoms with E-state index >= 15 is 0 Å². The molecule has 0 N–H and O–H groups in total. The lowest BCUT2D eigenvalue weighted by Gasteiger charge is -2.04. The van der Waals surface area contributed by atoms with Crippen LogP contribution in [0.3, 0.4) is 0 Å². The second-order valence-electron chi connectivity index (χ2n) is 3.11. The summed E-state index contributed by atoms with van der Waals surface area (Å²) >= 11 is 3.39. The van der Waals surface area contributed by atoms with E-state index < -0.39 is 0 Å². The van der Waals surface area contributed by atoms with Crippen LogP contribution >= 0.6 is 15.9 Å². The summed E-state index contributed by atoms with van der Waals surface area (Å²) in [6.45, 7) is 2.00. The fourth-order valence-electron chi connectivity index (χ4n) is 1.53. The van der Waals surface area contributed by atoms with Crippen LogP contribution in [0.2, 0.25) is 0 Å². The van der Waals surface area contributed by atoms with Gasteiger partial charge in [-0.3, -0.25) is 4.98 Å². The minimum Gasteiger partial charge on any atom is -0.256 e. The van der Waals surface area contributed by atoms with Crippen LogP contribution in [0.1, 0.15) is 12.5 Å². The van der Waals surface area contributed by atoms with E-state index in [4.69, 9.17) is 0 Å². The lowest BCUT2D eigenvalue weighted by molar-refractivity contribution is 0.627. The molecule has 0 saturated carbocycles. The zero-order valence-corrected chi connectivity index (χ0v) is 9.31. The summed E-state index contributed by atoms with van der Waals surface area (Å²) in [5.74, 6) is -0.206. The maximum absolute atomic E-state index is 13.2. The molecule has 0 radical (unpaired) electrons. The van der Waals surface area contributed by atoms with Crippen LogP contribution in [-0.2, 0) is 6.42 Å². The Kier molecular flexibility index (Phi) is 2.50. The number of aryl methyl sites for hydroxylation is 1. The van der Waals surface area contributed by atoms with Gasteiger partial charge in [0.15, 0.2) is 0 Å². The highest BCUT2D eigenvalue weighted by atomic mass is 79.9. The molecule has 1 nitrogen and oxygen atoms in total. The van der Waals surface area contributed by atoms with Crippen molar-refractivity contribution in [2.24, 2.45) is 0 Å². The first-order valence-electron chi connectivity index (χ1n) is 4.45. The van der Waals surface area contributed by atoms with Gasteiger partial charge in [-0.25, -0.2) is 4.39 Å². The highest BCUT2D eigenvalue weighted by molar-refractivity contribution is 9.10. The number of hydrogen-bond donors (Lipinski definition) is 0. The zero-order chi connectivity index (χ0) is 10.1. The molecule has 0 spiro atoms. The molecule has 0 fully saturated rings. The Morgan fingerprint density at radius 1 is 1.43 bits per heavy atom. The number of benzene rings is 1. The molecule has 0 saturated heterocycles. The fourth-order valence-corrected chi connectivity index (χ4v) is 1.95. The largest absolute Gasteiger partial charge is 0.256 e. The van der Waals surface area contributed by atoms with Gasteiger partial charge in [0.25, 0.3) is 0 Å². The van der Waals surface area contributed by atoms with Gasteiger partial charge in [0.1, 0.15) is 5.82 Å². The Labute approximate surface area is 90.1 Å². The first-order valence-corrected chi connectivity index (χ1v) is 5.24. The molecule has 0 aliphatic rings. The van der Waals surface area contributed by atoms with Crippen LogP contribution in [0.15, 0.2) is 28.9 Å². The second-order valence-corrected chi connectivity index (χ2v) is 3.96. The molecule has 14 heavy (non-hydrogen) atoms. The van der Waals surface area contributed by atoms with Gasteiger partial charge in [-0.05, 0) is 30.2 Å². The van der Waals surface area contributed by atoms with Gasteiger partial charge in [0.2, 0.25) is 0 Å². The standard InChI is InChI=1S/C11H9BrFN/c1-2-7-5-8(13)6-9-10(12)3-4-14-11(7)9/h3-6H,2H2,1H3. The third kappa shape index (κ3) is 1.52. The van der Waals surface area contributed by atoms with Crippen molar-refractivity contribution in [1.29, 1.82) is 0 Å². The Balaban J connectivity index is 2.87. The lowest BCUT2D eigenvalue weighted by atomic mass is 10.1. The maximum Gasteiger partial charge on any atom is 0.124 e. The number of rotatable bonds is 1. The van der Waals surface area contributed by atoms with Crippen molar-refractivity contribution in [3.8, 4) is 0 Å². The number of halogens is 2.